The van der Waals surface area contributed by atoms with Gasteiger partial charge in [-0.05, 0) is 42.6 Å². The molecule has 0 fully saturated rings. The highest BCUT2D eigenvalue weighted by Gasteiger charge is 2.44. The molecule has 2 N–H and O–H groups in total. The van der Waals surface area contributed by atoms with E-state index in [1.807, 2.05) is 0 Å². The van der Waals surface area contributed by atoms with E-state index in [9.17, 15) is 29.3 Å². The van der Waals surface area contributed by atoms with Gasteiger partial charge >= 0.3 is 0 Å². The van der Waals surface area contributed by atoms with Gasteiger partial charge in [-0.3, -0.25) is 34.2 Å². The second kappa shape index (κ2) is 8.63. The Kier molecular flexibility index (Phi) is 5.71. The number of amides is 4. The Hall–Kier alpha value is -4.38. The highest BCUT2D eigenvalue weighted by Crippen LogP contribution is 2.32. The Morgan fingerprint density at radius 1 is 1.00 bits per heavy atom. The van der Waals surface area contributed by atoms with Crippen molar-refractivity contribution in [2.24, 2.45) is 0 Å². The fraction of sp³-hybridized carbons (Fsp3) is 0.0909. The predicted molar refractivity (Wildman–Crippen MR) is 120 cm³/mol. The molecule has 11 heteroatoms. The van der Waals surface area contributed by atoms with Crippen LogP contribution in [-0.4, -0.2) is 39.5 Å². The molecule has 166 valence electrons. The van der Waals surface area contributed by atoms with E-state index in [1.165, 1.54) is 36.5 Å². The highest BCUT2D eigenvalue weighted by molar-refractivity contribution is 7.12. The molecule has 1 aliphatic heterocycles. The molecular weight excluding hydrogens is 448 g/mol. The minimum Gasteiger partial charge on any atom is -0.324 e. The minimum absolute atomic E-state index is 0.118. The number of hydrogen-bond donors (Lipinski definition) is 2. The van der Waals surface area contributed by atoms with Gasteiger partial charge in [-0.1, -0.05) is 18.2 Å². The number of thiophene rings is 1. The van der Waals surface area contributed by atoms with Crippen LogP contribution in [0.5, 0.6) is 0 Å². The number of anilines is 2. The van der Waals surface area contributed by atoms with Gasteiger partial charge in [0.25, 0.3) is 23.4 Å². The van der Waals surface area contributed by atoms with Gasteiger partial charge in [-0.2, -0.15) is 0 Å². The largest absolute Gasteiger partial charge is 0.324 e. The molecule has 4 amide bonds. The van der Waals surface area contributed by atoms with Crippen LogP contribution in [0.3, 0.4) is 0 Å². The lowest BCUT2D eigenvalue weighted by Crippen LogP contribution is -2.45. The third-order valence-corrected chi connectivity index (χ3v) is 5.89. The van der Waals surface area contributed by atoms with Crippen LogP contribution in [0, 0.1) is 10.1 Å². The maximum absolute atomic E-state index is 12.8. The van der Waals surface area contributed by atoms with Gasteiger partial charge in [0.1, 0.15) is 11.6 Å². The van der Waals surface area contributed by atoms with Gasteiger partial charge in [0.15, 0.2) is 0 Å². The van der Waals surface area contributed by atoms with Crippen molar-refractivity contribution in [1.82, 2.24) is 4.90 Å². The third-order valence-electron chi connectivity index (χ3n) is 5.02. The molecule has 2 heterocycles. The lowest BCUT2D eigenvalue weighted by atomic mass is 10.1. The zero-order valence-corrected chi connectivity index (χ0v) is 17.9. The van der Waals surface area contributed by atoms with Gasteiger partial charge < -0.3 is 10.6 Å². The fourth-order valence-corrected chi connectivity index (χ4v) is 4.05. The zero-order valence-electron chi connectivity index (χ0n) is 17.1. The molecule has 1 aliphatic rings. The molecule has 0 saturated heterocycles. The van der Waals surface area contributed by atoms with Crippen molar-refractivity contribution in [1.29, 1.82) is 0 Å². The van der Waals surface area contributed by atoms with E-state index in [-0.39, 0.29) is 17.0 Å². The van der Waals surface area contributed by atoms with Crippen molar-refractivity contribution in [2.75, 3.05) is 10.6 Å². The second-order valence-electron chi connectivity index (χ2n) is 7.11. The summed E-state index contributed by atoms with van der Waals surface area (Å²) < 4.78 is 0. The van der Waals surface area contributed by atoms with E-state index in [2.05, 4.69) is 10.6 Å². The number of nitro benzene ring substituents is 1. The summed E-state index contributed by atoms with van der Waals surface area (Å²) in [7, 11) is 0. The molecule has 0 spiro atoms. The van der Waals surface area contributed by atoms with E-state index in [0.29, 0.717) is 21.2 Å². The summed E-state index contributed by atoms with van der Waals surface area (Å²) in [4.78, 5) is 62.3. The molecule has 10 nitrogen and oxygen atoms in total. The Morgan fingerprint density at radius 2 is 1.70 bits per heavy atom. The number of nitrogens with one attached hydrogen (secondary N) is 2. The number of carbonyl (C=O) groups excluding carboxylic acids is 4. The summed E-state index contributed by atoms with van der Waals surface area (Å²) >= 11 is 1.29. The van der Waals surface area contributed by atoms with Crippen LogP contribution < -0.4 is 10.6 Å². The first-order chi connectivity index (χ1) is 15.8. The maximum Gasteiger partial charge on any atom is 0.282 e. The number of imide groups is 1. The van der Waals surface area contributed by atoms with Crippen LogP contribution in [0.2, 0.25) is 0 Å². The van der Waals surface area contributed by atoms with E-state index >= 15 is 0 Å². The lowest BCUT2D eigenvalue weighted by molar-refractivity contribution is -0.385. The van der Waals surface area contributed by atoms with Crippen LogP contribution in [0.15, 0.2) is 60.0 Å². The van der Waals surface area contributed by atoms with Crippen LogP contribution in [-0.2, 0) is 4.79 Å². The number of rotatable bonds is 6. The summed E-state index contributed by atoms with van der Waals surface area (Å²) in [5.41, 5.74) is -0.165. The molecule has 1 aromatic heterocycles. The molecule has 1 unspecified atom stereocenters. The summed E-state index contributed by atoms with van der Waals surface area (Å²) in [5, 5.41) is 18.4. The highest BCUT2D eigenvalue weighted by atomic mass is 32.1. The molecular formula is C22H16N4O6S. The van der Waals surface area contributed by atoms with E-state index in [1.54, 1.807) is 35.7 Å². The first-order valence-electron chi connectivity index (χ1n) is 9.69. The Labute approximate surface area is 191 Å². The maximum atomic E-state index is 12.8. The van der Waals surface area contributed by atoms with Crippen molar-refractivity contribution in [3.63, 3.8) is 0 Å². The van der Waals surface area contributed by atoms with Crippen molar-refractivity contribution in [2.45, 2.75) is 13.0 Å². The van der Waals surface area contributed by atoms with E-state index in [4.69, 9.17) is 0 Å². The Balaban J connectivity index is 1.50. The molecule has 0 bridgehead atoms. The van der Waals surface area contributed by atoms with Crippen LogP contribution in [0.4, 0.5) is 17.1 Å². The van der Waals surface area contributed by atoms with Gasteiger partial charge in [0.2, 0.25) is 5.91 Å². The number of carbonyl (C=O) groups is 4. The molecule has 3 aromatic rings. The van der Waals surface area contributed by atoms with Crippen molar-refractivity contribution in [3.8, 4) is 0 Å². The first-order valence-corrected chi connectivity index (χ1v) is 10.6. The van der Waals surface area contributed by atoms with Crippen molar-refractivity contribution >= 4 is 52.0 Å². The lowest BCUT2D eigenvalue weighted by Gasteiger charge is -2.21. The third kappa shape index (κ3) is 4.08. The van der Waals surface area contributed by atoms with Crippen LogP contribution in [0.25, 0.3) is 0 Å². The number of benzene rings is 2. The Bertz CT molecular complexity index is 1300. The SMILES string of the molecule is CC(C(=O)Nc1cccc(NC(=O)c2cccs2)c1)N1C(=O)c2cccc([N+](=O)[O-])c2C1=O. The van der Waals surface area contributed by atoms with Crippen LogP contribution in [0.1, 0.15) is 37.3 Å². The number of nitro groups is 1. The average Bonchev–Trinajstić information content (AvgIpc) is 3.41. The number of hydrogen-bond acceptors (Lipinski definition) is 7. The van der Waals surface area contributed by atoms with Gasteiger partial charge in [-0.15, -0.1) is 11.3 Å². The van der Waals surface area contributed by atoms with E-state index in [0.717, 1.165) is 6.07 Å². The summed E-state index contributed by atoms with van der Waals surface area (Å²) in [6.07, 6.45) is 0. The summed E-state index contributed by atoms with van der Waals surface area (Å²) in [6, 6.07) is 12.3. The smallest absolute Gasteiger partial charge is 0.282 e. The quantitative estimate of drug-likeness (QED) is 0.325. The van der Waals surface area contributed by atoms with Crippen molar-refractivity contribution in [3.05, 3.63) is 86.1 Å². The molecule has 0 aliphatic carbocycles. The minimum atomic E-state index is -1.23. The molecule has 4 rings (SSSR count). The van der Waals surface area contributed by atoms with Gasteiger partial charge in [0.05, 0.1) is 15.4 Å². The number of nitrogens with zero attached hydrogens (tertiary/aromatic N) is 2. The first kappa shape index (κ1) is 21.8. The topological polar surface area (TPSA) is 139 Å². The summed E-state index contributed by atoms with van der Waals surface area (Å²) in [6.45, 7) is 1.35. The second-order valence-corrected chi connectivity index (χ2v) is 8.06. The molecule has 0 saturated carbocycles. The average molecular weight is 464 g/mol. The Morgan fingerprint density at radius 3 is 2.36 bits per heavy atom. The molecule has 2 aromatic carbocycles. The number of fused-ring (bicyclic) bond motifs is 1. The predicted octanol–water partition coefficient (Wildman–Crippen LogP) is 3.53. The van der Waals surface area contributed by atoms with Crippen molar-refractivity contribution < 1.29 is 24.1 Å². The monoisotopic (exact) mass is 464 g/mol. The fourth-order valence-electron chi connectivity index (χ4n) is 3.43. The normalized spacial score (nSPS) is 13.4. The van der Waals surface area contributed by atoms with Gasteiger partial charge in [-0.25, -0.2) is 0 Å². The molecule has 1 atom stereocenters. The summed E-state index contributed by atoms with van der Waals surface area (Å²) in [5.74, 6) is -2.65. The van der Waals surface area contributed by atoms with E-state index < -0.39 is 34.4 Å². The zero-order chi connectivity index (χ0) is 23.7. The molecule has 33 heavy (non-hydrogen) atoms. The van der Waals surface area contributed by atoms with Crippen LogP contribution >= 0.6 is 11.3 Å². The standard InChI is InChI=1S/C22H16N4O6S/c1-12(25-21(29)15-7-3-8-16(26(31)32)18(15)22(25)30)19(27)23-13-5-2-6-14(11-13)24-20(28)17-9-4-10-33-17/h2-12H,1H3,(H,23,27)(H,24,28). The molecule has 0 radical (unpaired) electrons. The van der Waals surface area contributed by atoms with Gasteiger partial charge in [0, 0.05) is 17.4 Å².